The van der Waals surface area contributed by atoms with Gasteiger partial charge in [-0.2, -0.15) is 0 Å². The summed E-state index contributed by atoms with van der Waals surface area (Å²) >= 11 is 1.67. The van der Waals surface area contributed by atoms with Crippen molar-refractivity contribution in [3.05, 3.63) is 41.2 Å². The van der Waals surface area contributed by atoms with Crippen LogP contribution in [0.15, 0.2) is 29.4 Å². The van der Waals surface area contributed by atoms with Crippen molar-refractivity contribution in [1.82, 2.24) is 25.0 Å². The highest BCUT2D eigenvalue weighted by molar-refractivity contribution is 7.98. The maximum atomic E-state index is 12.6. The summed E-state index contributed by atoms with van der Waals surface area (Å²) < 4.78 is 7.76. The summed E-state index contributed by atoms with van der Waals surface area (Å²) in [6, 6.07) is 8.49. The number of carbonyl (C=O) groups excluding carboxylic acids is 1. The SMILES string of the molecule is CSc1nnc(CCCNC(=O)c2cccc(CN3CCOCC3)c2)n1C1CCCC1. The number of rotatable bonds is 9. The second-order valence-corrected chi connectivity index (χ2v) is 9.13. The Morgan fingerprint density at radius 2 is 2.03 bits per heavy atom. The van der Waals surface area contributed by atoms with Crippen LogP contribution in [0.2, 0.25) is 0 Å². The van der Waals surface area contributed by atoms with Crippen LogP contribution in [0.3, 0.4) is 0 Å². The molecule has 1 saturated carbocycles. The Morgan fingerprint density at radius 3 is 2.81 bits per heavy atom. The van der Waals surface area contributed by atoms with Gasteiger partial charge in [-0.05, 0) is 43.2 Å². The number of ether oxygens (including phenoxy) is 1. The molecule has 1 aliphatic heterocycles. The van der Waals surface area contributed by atoms with Crippen molar-refractivity contribution in [3.8, 4) is 0 Å². The van der Waals surface area contributed by atoms with Gasteiger partial charge < -0.3 is 14.6 Å². The van der Waals surface area contributed by atoms with Crippen molar-refractivity contribution in [3.63, 3.8) is 0 Å². The number of morpholine rings is 1. The molecule has 1 aromatic carbocycles. The number of nitrogens with one attached hydrogen (secondary N) is 1. The quantitative estimate of drug-likeness (QED) is 0.474. The van der Waals surface area contributed by atoms with Crippen molar-refractivity contribution in [1.29, 1.82) is 0 Å². The van der Waals surface area contributed by atoms with Gasteiger partial charge in [0.05, 0.1) is 13.2 Å². The molecular weight excluding hydrogens is 410 g/mol. The third kappa shape index (κ3) is 5.87. The smallest absolute Gasteiger partial charge is 0.251 e. The third-order valence-corrected chi connectivity index (χ3v) is 6.81. The molecule has 7 nitrogen and oxygen atoms in total. The fraction of sp³-hybridized carbons (Fsp3) is 0.609. The van der Waals surface area contributed by atoms with Crippen molar-refractivity contribution < 1.29 is 9.53 Å². The van der Waals surface area contributed by atoms with Crippen LogP contribution in [0.4, 0.5) is 0 Å². The average molecular weight is 444 g/mol. The number of aryl methyl sites for hydroxylation is 1. The van der Waals surface area contributed by atoms with E-state index in [1.807, 2.05) is 18.2 Å². The standard InChI is InChI=1S/C23H33N5O2S/c1-31-23-26-25-21(28(23)20-8-2-3-9-20)10-5-11-24-22(29)19-7-4-6-18(16-19)17-27-12-14-30-15-13-27/h4,6-7,16,20H,2-3,5,8-15,17H2,1H3,(H,24,29). The monoisotopic (exact) mass is 443 g/mol. The molecule has 8 heteroatoms. The van der Waals surface area contributed by atoms with Gasteiger partial charge in [0.15, 0.2) is 5.16 Å². The molecule has 0 bridgehead atoms. The molecule has 0 spiro atoms. The minimum absolute atomic E-state index is 0.00844. The molecule has 0 unspecified atom stereocenters. The highest BCUT2D eigenvalue weighted by Gasteiger charge is 2.23. The Morgan fingerprint density at radius 1 is 1.23 bits per heavy atom. The van der Waals surface area contributed by atoms with Crippen LogP contribution in [0.25, 0.3) is 0 Å². The first-order chi connectivity index (χ1) is 15.2. The Hall–Kier alpha value is -1.90. The zero-order valence-electron chi connectivity index (χ0n) is 18.4. The number of thioether (sulfide) groups is 1. The van der Waals surface area contributed by atoms with E-state index in [1.54, 1.807) is 11.8 Å². The molecule has 0 atom stereocenters. The predicted octanol–water partition coefficient (Wildman–Crippen LogP) is 3.31. The second-order valence-electron chi connectivity index (χ2n) is 8.36. The Labute approximate surface area is 188 Å². The summed E-state index contributed by atoms with van der Waals surface area (Å²) in [6.45, 7) is 4.96. The van der Waals surface area contributed by atoms with Gasteiger partial charge in [-0.15, -0.1) is 10.2 Å². The van der Waals surface area contributed by atoms with Crippen LogP contribution in [-0.2, 0) is 17.7 Å². The van der Waals surface area contributed by atoms with E-state index in [4.69, 9.17) is 4.74 Å². The molecule has 1 aromatic heterocycles. The topological polar surface area (TPSA) is 72.3 Å². The fourth-order valence-electron chi connectivity index (χ4n) is 4.53. The molecule has 168 valence electrons. The van der Waals surface area contributed by atoms with E-state index in [1.165, 1.54) is 31.2 Å². The third-order valence-electron chi connectivity index (χ3n) is 6.17. The molecule has 0 radical (unpaired) electrons. The van der Waals surface area contributed by atoms with Gasteiger partial charge in [-0.3, -0.25) is 9.69 Å². The number of benzene rings is 1. The first kappa shape index (κ1) is 22.3. The Balaban J connectivity index is 1.27. The minimum Gasteiger partial charge on any atom is -0.379 e. The van der Waals surface area contributed by atoms with Crippen molar-refractivity contribution in [2.24, 2.45) is 0 Å². The largest absolute Gasteiger partial charge is 0.379 e. The zero-order valence-corrected chi connectivity index (χ0v) is 19.2. The van der Waals surface area contributed by atoms with Gasteiger partial charge in [-0.25, -0.2) is 0 Å². The van der Waals surface area contributed by atoms with E-state index in [-0.39, 0.29) is 5.91 Å². The highest BCUT2D eigenvalue weighted by Crippen LogP contribution is 2.33. The zero-order chi connectivity index (χ0) is 21.5. The van der Waals surface area contributed by atoms with E-state index < -0.39 is 0 Å². The van der Waals surface area contributed by atoms with E-state index in [9.17, 15) is 4.79 Å². The highest BCUT2D eigenvalue weighted by atomic mass is 32.2. The lowest BCUT2D eigenvalue weighted by molar-refractivity contribution is 0.0342. The number of aromatic nitrogens is 3. The van der Waals surface area contributed by atoms with Gasteiger partial charge in [0.25, 0.3) is 5.91 Å². The van der Waals surface area contributed by atoms with E-state index >= 15 is 0 Å². The number of amides is 1. The summed E-state index contributed by atoms with van der Waals surface area (Å²) in [6.07, 6.45) is 8.77. The van der Waals surface area contributed by atoms with Crippen LogP contribution < -0.4 is 5.32 Å². The minimum atomic E-state index is -0.00844. The number of nitrogens with zero attached hydrogens (tertiary/aromatic N) is 4. The molecule has 2 fully saturated rings. The van der Waals surface area contributed by atoms with Crippen molar-refractivity contribution in [2.75, 3.05) is 39.1 Å². The van der Waals surface area contributed by atoms with Gasteiger partial charge in [0.1, 0.15) is 5.82 Å². The summed E-state index contributed by atoms with van der Waals surface area (Å²) in [7, 11) is 0. The van der Waals surface area contributed by atoms with E-state index in [2.05, 4.69) is 37.3 Å². The molecule has 1 saturated heterocycles. The average Bonchev–Trinajstić information content (AvgIpc) is 3.47. The molecule has 2 aliphatic rings. The normalized spacial score (nSPS) is 17.8. The fourth-order valence-corrected chi connectivity index (χ4v) is 5.10. The number of carbonyl (C=O) groups is 1. The van der Waals surface area contributed by atoms with E-state index in [0.717, 1.165) is 62.2 Å². The second kappa shape index (κ2) is 11.1. The summed E-state index contributed by atoms with van der Waals surface area (Å²) in [5.41, 5.74) is 1.90. The van der Waals surface area contributed by atoms with Gasteiger partial charge in [0.2, 0.25) is 0 Å². The molecule has 2 aromatic rings. The first-order valence-corrected chi connectivity index (χ1v) is 12.6. The Kier molecular flexibility index (Phi) is 7.99. The van der Waals surface area contributed by atoms with Crippen LogP contribution >= 0.6 is 11.8 Å². The lowest BCUT2D eigenvalue weighted by atomic mass is 10.1. The summed E-state index contributed by atoms with van der Waals surface area (Å²) in [5, 5.41) is 12.9. The van der Waals surface area contributed by atoms with Crippen LogP contribution in [0.5, 0.6) is 0 Å². The predicted molar refractivity (Wildman–Crippen MR) is 123 cm³/mol. The first-order valence-electron chi connectivity index (χ1n) is 11.4. The van der Waals surface area contributed by atoms with Gasteiger partial charge in [0, 0.05) is 44.2 Å². The van der Waals surface area contributed by atoms with Crippen LogP contribution in [0.1, 0.15) is 59.9 Å². The molecular formula is C23H33N5O2S. The van der Waals surface area contributed by atoms with Crippen molar-refractivity contribution in [2.45, 2.75) is 56.3 Å². The molecule has 31 heavy (non-hydrogen) atoms. The van der Waals surface area contributed by atoms with Crippen LogP contribution in [0, 0.1) is 0 Å². The van der Waals surface area contributed by atoms with Gasteiger partial charge >= 0.3 is 0 Å². The Bertz CT molecular complexity index is 859. The molecule has 1 amide bonds. The van der Waals surface area contributed by atoms with E-state index in [0.29, 0.717) is 12.6 Å². The molecule has 2 heterocycles. The molecule has 1 aliphatic carbocycles. The lowest BCUT2D eigenvalue weighted by Gasteiger charge is -2.26. The number of hydrogen-bond donors (Lipinski definition) is 1. The maximum Gasteiger partial charge on any atom is 0.251 e. The number of hydrogen-bond acceptors (Lipinski definition) is 6. The lowest BCUT2D eigenvalue weighted by Crippen LogP contribution is -2.35. The van der Waals surface area contributed by atoms with Crippen LogP contribution in [-0.4, -0.2) is 64.7 Å². The molecule has 4 rings (SSSR count). The van der Waals surface area contributed by atoms with Gasteiger partial charge in [-0.1, -0.05) is 36.7 Å². The molecule has 1 N–H and O–H groups in total. The summed E-state index contributed by atoms with van der Waals surface area (Å²) in [4.78, 5) is 15.0. The maximum absolute atomic E-state index is 12.6. The van der Waals surface area contributed by atoms with Crippen molar-refractivity contribution >= 4 is 17.7 Å². The summed E-state index contributed by atoms with van der Waals surface area (Å²) in [5.74, 6) is 1.05.